The van der Waals surface area contributed by atoms with E-state index in [9.17, 15) is 0 Å². The normalized spacial score (nSPS) is 11.7. The Bertz CT molecular complexity index is 590. The molecule has 0 saturated heterocycles. The van der Waals surface area contributed by atoms with Gasteiger partial charge in [0, 0.05) is 11.5 Å². The summed E-state index contributed by atoms with van der Waals surface area (Å²) in [5.74, 6) is 0.888. The minimum Gasteiger partial charge on any atom is -0.487 e. The van der Waals surface area contributed by atoms with Crippen LogP contribution in [0.1, 0.15) is 44.5 Å². The second-order valence-electron chi connectivity index (χ2n) is 5.72. The van der Waals surface area contributed by atoms with Crippen LogP contribution in [0.15, 0.2) is 18.2 Å². The number of ether oxygens (including phenoxy) is 1. The van der Waals surface area contributed by atoms with Crippen molar-refractivity contribution in [2.45, 2.75) is 46.1 Å². The van der Waals surface area contributed by atoms with Crippen LogP contribution in [-0.4, -0.2) is 9.59 Å². The molecule has 0 N–H and O–H groups in total. The Morgan fingerprint density at radius 2 is 2.05 bits per heavy atom. The van der Waals surface area contributed by atoms with E-state index in [-0.39, 0.29) is 5.41 Å². The second-order valence-corrected chi connectivity index (χ2v) is 7.07. The highest BCUT2D eigenvalue weighted by Gasteiger charge is 2.20. The maximum Gasteiger partial charge on any atom is 0.141 e. The molecule has 0 bridgehead atoms. The first-order valence-electron chi connectivity index (χ1n) is 6.64. The molecule has 0 aliphatic carbocycles. The molecule has 0 spiro atoms. The first kappa shape index (κ1) is 15.3. The molecule has 1 aromatic heterocycles. The minimum absolute atomic E-state index is 0.0324. The predicted molar refractivity (Wildman–Crippen MR) is 83.8 cm³/mol. The molecule has 0 fully saturated rings. The third kappa shape index (κ3) is 3.49. The number of aromatic nitrogens is 2. The summed E-state index contributed by atoms with van der Waals surface area (Å²) in [6.07, 6.45) is 1.02. The van der Waals surface area contributed by atoms with Gasteiger partial charge < -0.3 is 4.74 Å². The van der Waals surface area contributed by atoms with Crippen LogP contribution < -0.4 is 4.74 Å². The summed E-state index contributed by atoms with van der Waals surface area (Å²) in [4.78, 5) is 0. The maximum atomic E-state index is 6.00. The summed E-state index contributed by atoms with van der Waals surface area (Å²) in [5.41, 5.74) is 3.24. The second kappa shape index (κ2) is 6.10. The molecule has 0 radical (unpaired) electrons. The zero-order valence-electron chi connectivity index (χ0n) is 12.2. The lowest BCUT2D eigenvalue weighted by atomic mass is 9.85. The number of hydrogen-bond donors (Lipinski definition) is 0. The number of aryl methyl sites for hydroxylation is 1. The Morgan fingerprint density at radius 3 is 2.60 bits per heavy atom. The van der Waals surface area contributed by atoms with Crippen LogP contribution in [0.5, 0.6) is 5.75 Å². The first-order valence-corrected chi connectivity index (χ1v) is 7.80. The van der Waals surface area contributed by atoms with Gasteiger partial charge in [-0.2, -0.15) is 0 Å². The number of rotatable bonds is 4. The van der Waals surface area contributed by atoms with Crippen molar-refractivity contribution in [2.75, 3.05) is 0 Å². The lowest BCUT2D eigenvalue weighted by Crippen LogP contribution is -2.14. The van der Waals surface area contributed by atoms with E-state index in [1.807, 2.05) is 6.07 Å². The van der Waals surface area contributed by atoms with E-state index in [1.54, 1.807) is 0 Å². The Balaban J connectivity index is 2.25. The highest BCUT2D eigenvalue weighted by molar-refractivity contribution is 7.10. The number of benzene rings is 1. The molecule has 0 aliphatic rings. The van der Waals surface area contributed by atoms with Crippen LogP contribution in [-0.2, 0) is 18.4 Å². The van der Waals surface area contributed by atoms with Gasteiger partial charge in [0.05, 0.1) is 0 Å². The zero-order chi connectivity index (χ0) is 14.8. The fraction of sp³-hybridized carbons (Fsp3) is 0.467. The Labute approximate surface area is 129 Å². The van der Waals surface area contributed by atoms with Gasteiger partial charge >= 0.3 is 0 Å². The monoisotopic (exact) mass is 310 g/mol. The van der Waals surface area contributed by atoms with E-state index in [0.29, 0.717) is 16.6 Å². The Kier molecular flexibility index (Phi) is 4.66. The minimum atomic E-state index is 0.0324. The average Bonchev–Trinajstić information content (AvgIpc) is 2.80. The van der Waals surface area contributed by atoms with Crippen molar-refractivity contribution in [3.8, 4) is 5.75 Å². The van der Waals surface area contributed by atoms with E-state index in [0.717, 1.165) is 12.2 Å². The van der Waals surface area contributed by atoms with Crippen LogP contribution in [0.2, 0.25) is 4.34 Å². The molecule has 2 aromatic rings. The Morgan fingerprint density at radius 1 is 1.30 bits per heavy atom. The third-order valence-corrected chi connectivity index (χ3v) is 4.12. The number of hydrogen-bond acceptors (Lipinski definition) is 4. The summed E-state index contributed by atoms with van der Waals surface area (Å²) in [6, 6.07) is 6.36. The first-order chi connectivity index (χ1) is 9.41. The van der Waals surface area contributed by atoms with Crippen LogP contribution >= 0.6 is 23.1 Å². The van der Waals surface area contributed by atoms with Crippen molar-refractivity contribution in [3.05, 3.63) is 39.4 Å². The van der Waals surface area contributed by atoms with Gasteiger partial charge in [-0.3, -0.25) is 0 Å². The molecule has 108 valence electrons. The van der Waals surface area contributed by atoms with Gasteiger partial charge in [-0.15, -0.1) is 5.10 Å². The smallest absolute Gasteiger partial charge is 0.141 e. The molecule has 1 aromatic carbocycles. The molecule has 20 heavy (non-hydrogen) atoms. The molecule has 0 unspecified atom stereocenters. The molecule has 0 atom stereocenters. The van der Waals surface area contributed by atoms with Gasteiger partial charge in [-0.05, 0) is 29.0 Å². The van der Waals surface area contributed by atoms with Crippen LogP contribution in [0.3, 0.4) is 0 Å². The SMILES string of the molecule is CCc1ccc(OCc2nnsc2Cl)c(C(C)(C)C)c1. The van der Waals surface area contributed by atoms with E-state index in [4.69, 9.17) is 16.3 Å². The number of halogens is 1. The molecule has 5 heteroatoms. The molecule has 0 amide bonds. The van der Waals surface area contributed by atoms with E-state index >= 15 is 0 Å². The third-order valence-electron chi connectivity index (χ3n) is 3.13. The zero-order valence-corrected chi connectivity index (χ0v) is 13.8. The topological polar surface area (TPSA) is 35.0 Å². The highest BCUT2D eigenvalue weighted by Crippen LogP contribution is 2.33. The van der Waals surface area contributed by atoms with Gasteiger partial charge in [0.15, 0.2) is 0 Å². The summed E-state index contributed by atoms with van der Waals surface area (Å²) < 4.78 is 10.3. The van der Waals surface area contributed by atoms with Gasteiger partial charge in [0.2, 0.25) is 0 Å². The predicted octanol–water partition coefficient (Wildman–Crippen LogP) is 4.63. The van der Waals surface area contributed by atoms with Gasteiger partial charge in [-0.1, -0.05) is 55.9 Å². The van der Waals surface area contributed by atoms with Crippen molar-refractivity contribution in [3.63, 3.8) is 0 Å². The largest absolute Gasteiger partial charge is 0.487 e. The standard InChI is InChI=1S/C15H19ClN2OS/c1-5-10-6-7-13(11(8-10)15(2,3)4)19-9-12-14(16)20-18-17-12/h6-8H,5,9H2,1-4H3. The van der Waals surface area contributed by atoms with Crippen LogP contribution in [0.4, 0.5) is 0 Å². The lowest BCUT2D eigenvalue weighted by Gasteiger charge is -2.23. The quantitative estimate of drug-likeness (QED) is 0.825. The average molecular weight is 311 g/mol. The molecular weight excluding hydrogens is 292 g/mol. The molecule has 2 rings (SSSR count). The van der Waals surface area contributed by atoms with Crippen molar-refractivity contribution < 1.29 is 4.74 Å². The molecular formula is C15H19ClN2OS. The van der Waals surface area contributed by atoms with E-state index < -0.39 is 0 Å². The lowest BCUT2D eigenvalue weighted by molar-refractivity contribution is 0.293. The molecule has 0 saturated carbocycles. The summed E-state index contributed by atoms with van der Waals surface area (Å²) in [7, 11) is 0. The number of nitrogens with zero attached hydrogens (tertiary/aromatic N) is 2. The molecule has 3 nitrogen and oxygen atoms in total. The summed E-state index contributed by atoms with van der Waals surface area (Å²) in [6.45, 7) is 9.07. The Hall–Kier alpha value is -1.13. The van der Waals surface area contributed by atoms with Crippen molar-refractivity contribution in [1.29, 1.82) is 0 Å². The molecule has 1 heterocycles. The highest BCUT2D eigenvalue weighted by atomic mass is 35.5. The van der Waals surface area contributed by atoms with Crippen LogP contribution in [0, 0.1) is 0 Å². The van der Waals surface area contributed by atoms with Crippen molar-refractivity contribution in [1.82, 2.24) is 9.59 Å². The van der Waals surface area contributed by atoms with Gasteiger partial charge in [-0.25, -0.2) is 0 Å². The van der Waals surface area contributed by atoms with Gasteiger partial charge in [0.1, 0.15) is 22.4 Å². The fourth-order valence-corrected chi connectivity index (χ4v) is 2.54. The van der Waals surface area contributed by atoms with E-state index in [2.05, 4.69) is 49.4 Å². The summed E-state index contributed by atoms with van der Waals surface area (Å²) in [5, 5.41) is 3.97. The van der Waals surface area contributed by atoms with Crippen LogP contribution in [0.25, 0.3) is 0 Å². The maximum absolute atomic E-state index is 6.00. The fourth-order valence-electron chi connectivity index (χ4n) is 1.94. The van der Waals surface area contributed by atoms with Crippen molar-refractivity contribution >= 4 is 23.1 Å². The molecule has 0 aliphatic heterocycles. The van der Waals surface area contributed by atoms with Gasteiger partial charge in [0.25, 0.3) is 0 Å². The summed E-state index contributed by atoms with van der Waals surface area (Å²) >= 11 is 7.18. The van der Waals surface area contributed by atoms with Crippen molar-refractivity contribution in [2.24, 2.45) is 0 Å². The van der Waals surface area contributed by atoms with E-state index in [1.165, 1.54) is 22.7 Å².